The second-order valence-electron chi connectivity index (χ2n) is 2.65. The van der Waals surface area contributed by atoms with Gasteiger partial charge in [0, 0.05) is 0 Å². The molecule has 1 atom stereocenters. The minimum Gasteiger partial charge on any atom is -0.469 e. The molecule has 0 spiro atoms. The summed E-state index contributed by atoms with van der Waals surface area (Å²) in [6, 6.07) is 0. The fraction of sp³-hybridized carbons (Fsp3) is 0.800. The lowest BCUT2D eigenvalue weighted by Gasteiger charge is -2.23. The Hall–Kier alpha value is -0.420. The van der Waals surface area contributed by atoms with E-state index >= 15 is 0 Å². The predicted octanol–water partition coefficient (Wildman–Crippen LogP) is -0.598. The molecule has 7 heteroatoms. The predicted molar refractivity (Wildman–Crippen MR) is 41.3 cm³/mol. The number of esters is 1. The zero-order valence-electron chi connectivity index (χ0n) is 6.85. The zero-order valence-corrected chi connectivity index (χ0v) is 7.75. The molecule has 0 saturated heterocycles. The van der Waals surface area contributed by atoms with Crippen LogP contribution in [-0.4, -0.2) is 28.1 Å². The average Bonchev–Trinajstić information content (AvgIpc) is 1.84. The van der Waals surface area contributed by atoms with Crippen molar-refractivity contribution in [1.82, 2.24) is 0 Å². The number of hydrogen-bond acceptors (Lipinski definition) is 4. The van der Waals surface area contributed by atoms with Gasteiger partial charge in [-0.2, -0.15) is 0 Å². The van der Waals surface area contributed by atoms with Crippen molar-refractivity contribution in [2.24, 2.45) is 5.73 Å². The molecule has 0 aliphatic rings. The third kappa shape index (κ3) is 2.91. The standard InChI is InChI=1S/C5H12NO5P/c1-5(6,12(8,9)10)3-4(7)11-2/h3,6H2,1-2H3,(H2,8,9,10). The summed E-state index contributed by atoms with van der Waals surface area (Å²) in [6.45, 7) is 1.10. The van der Waals surface area contributed by atoms with Crippen LogP contribution >= 0.6 is 7.60 Å². The van der Waals surface area contributed by atoms with Gasteiger partial charge in [0.2, 0.25) is 0 Å². The van der Waals surface area contributed by atoms with Crippen LogP contribution in [0.4, 0.5) is 0 Å². The number of rotatable bonds is 3. The Kier molecular flexibility index (Phi) is 3.41. The minimum absolute atomic E-state index is 0.506. The fourth-order valence-corrected chi connectivity index (χ4v) is 0.802. The highest BCUT2D eigenvalue weighted by Gasteiger charge is 2.40. The monoisotopic (exact) mass is 197 g/mol. The number of carbonyl (C=O) groups is 1. The lowest BCUT2D eigenvalue weighted by molar-refractivity contribution is -0.141. The van der Waals surface area contributed by atoms with Gasteiger partial charge in [0.1, 0.15) is 5.28 Å². The van der Waals surface area contributed by atoms with Crippen LogP contribution in [0, 0.1) is 0 Å². The van der Waals surface area contributed by atoms with Gasteiger partial charge in [0.25, 0.3) is 0 Å². The Balaban J connectivity index is 4.44. The molecule has 1 unspecified atom stereocenters. The summed E-state index contributed by atoms with van der Waals surface area (Å²) in [6.07, 6.45) is -0.506. The van der Waals surface area contributed by atoms with Crippen LogP contribution < -0.4 is 5.73 Å². The molecule has 0 aromatic carbocycles. The summed E-state index contributed by atoms with van der Waals surface area (Å²) >= 11 is 0. The topological polar surface area (TPSA) is 110 Å². The molecule has 72 valence electrons. The van der Waals surface area contributed by atoms with Crippen molar-refractivity contribution in [3.05, 3.63) is 0 Å². The van der Waals surface area contributed by atoms with Gasteiger partial charge in [-0.25, -0.2) is 0 Å². The van der Waals surface area contributed by atoms with Crippen LogP contribution in [0.15, 0.2) is 0 Å². The van der Waals surface area contributed by atoms with Gasteiger partial charge < -0.3 is 20.3 Å². The van der Waals surface area contributed by atoms with Gasteiger partial charge in [0.15, 0.2) is 0 Å². The molecule has 12 heavy (non-hydrogen) atoms. The van der Waals surface area contributed by atoms with Crippen molar-refractivity contribution < 1.29 is 23.9 Å². The first kappa shape index (κ1) is 11.6. The van der Waals surface area contributed by atoms with Crippen molar-refractivity contribution in [2.45, 2.75) is 18.6 Å². The zero-order chi connectivity index (χ0) is 9.99. The molecule has 0 heterocycles. The first-order chi connectivity index (χ1) is 5.20. The van der Waals surface area contributed by atoms with Crippen LogP contribution in [0.25, 0.3) is 0 Å². The van der Waals surface area contributed by atoms with E-state index in [4.69, 9.17) is 15.5 Å². The van der Waals surface area contributed by atoms with E-state index in [1.807, 2.05) is 0 Å². The van der Waals surface area contributed by atoms with Crippen LogP contribution in [0.1, 0.15) is 13.3 Å². The van der Waals surface area contributed by atoms with Gasteiger partial charge in [-0.05, 0) is 6.92 Å². The molecule has 0 radical (unpaired) electrons. The van der Waals surface area contributed by atoms with E-state index < -0.39 is 25.3 Å². The molecule has 6 nitrogen and oxygen atoms in total. The molecule has 0 bridgehead atoms. The quantitative estimate of drug-likeness (QED) is 0.411. The molecule has 0 rings (SSSR count). The highest BCUT2D eigenvalue weighted by Crippen LogP contribution is 2.48. The van der Waals surface area contributed by atoms with Crippen LogP contribution in [0.2, 0.25) is 0 Å². The van der Waals surface area contributed by atoms with Crippen LogP contribution in [0.5, 0.6) is 0 Å². The van der Waals surface area contributed by atoms with Crippen LogP contribution in [-0.2, 0) is 14.1 Å². The van der Waals surface area contributed by atoms with Gasteiger partial charge in [-0.3, -0.25) is 9.36 Å². The highest BCUT2D eigenvalue weighted by molar-refractivity contribution is 7.53. The van der Waals surface area contributed by atoms with E-state index in [-0.39, 0.29) is 0 Å². The Morgan fingerprint density at radius 2 is 2.08 bits per heavy atom. The summed E-state index contributed by atoms with van der Waals surface area (Å²) in [7, 11) is -3.34. The number of methoxy groups -OCH3 is 1. The molecule has 0 fully saturated rings. The van der Waals surface area contributed by atoms with E-state index in [1.165, 1.54) is 0 Å². The van der Waals surface area contributed by atoms with Crippen molar-refractivity contribution in [1.29, 1.82) is 0 Å². The smallest absolute Gasteiger partial charge is 0.345 e. The number of ether oxygens (including phenoxy) is 1. The van der Waals surface area contributed by atoms with Gasteiger partial charge in [-0.1, -0.05) is 0 Å². The maximum absolute atomic E-state index is 10.7. The number of nitrogens with two attached hydrogens (primary N) is 1. The molecule has 0 aromatic heterocycles. The first-order valence-electron chi connectivity index (χ1n) is 3.12. The van der Waals surface area contributed by atoms with Crippen molar-refractivity contribution in [3.8, 4) is 0 Å². The van der Waals surface area contributed by atoms with Crippen molar-refractivity contribution >= 4 is 13.6 Å². The van der Waals surface area contributed by atoms with E-state index in [9.17, 15) is 9.36 Å². The van der Waals surface area contributed by atoms with E-state index in [1.54, 1.807) is 0 Å². The number of carbonyl (C=O) groups excluding carboxylic acids is 1. The van der Waals surface area contributed by atoms with E-state index in [0.29, 0.717) is 0 Å². The summed E-state index contributed by atoms with van der Waals surface area (Å²) < 4.78 is 14.9. The van der Waals surface area contributed by atoms with Gasteiger partial charge in [-0.15, -0.1) is 0 Å². The van der Waals surface area contributed by atoms with Gasteiger partial charge in [0.05, 0.1) is 13.5 Å². The Bertz CT molecular complexity index is 220. The SMILES string of the molecule is COC(=O)CC(C)(N)P(=O)(O)O. The molecule has 0 aromatic rings. The second-order valence-corrected chi connectivity index (χ2v) is 4.76. The summed E-state index contributed by atoms with van der Waals surface area (Å²) in [4.78, 5) is 28.0. The summed E-state index contributed by atoms with van der Waals surface area (Å²) in [5.41, 5.74) is 5.21. The third-order valence-corrected chi connectivity index (χ3v) is 2.88. The minimum atomic E-state index is -4.46. The summed E-state index contributed by atoms with van der Waals surface area (Å²) in [5.74, 6) is -0.747. The molecule has 4 N–H and O–H groups in total. The third-order valence-electron chi connectivity index (χ3n) is 1.40. The highest BCUT2D eigenvalue weighted by atomic mass is 31.2. The Labute approximate surface area is 69.9 Å². The van der Waals surface area contributed by atoms with E-state index in [0.717, 1.165) is 14.0 Å². The maximum atomic E-state index is 10.7. The molecular formula is C5H12NO5P. The van der Waals surface area contributed by atoms with Crippen molar-refractivity contribution in [2.75, 3.05) is 7.11 Å². The Morgan fingerprint density at radius 3 is 2.33 bits per heavy atom. The molecular weight excluding hydrogens is 185 g/mol. The maximum Gasteiger partial charge on any atom is 0.345 e. The molecule has 0 saturated carbocycles. The molecule has 0 aliphatic heterocycles. The van der Waals surface area contributed by atoms with E-state index in [2.05, 4.69) is 4.74 Å². The lowest BCUT2D eigenvalue weighted by Crippen LogP contribution is -2.38. The first-order valence-corrected chi connectivity index (χ1v) is 4.73. The Morgan fingerprint density at radius 1 is 1.67 bits per heavy atom. The fourth-order valence-electron chi connectivity index (χ4n) is 0.467. The molecule has 0 aliphatic carbocycles. The van der Waals surface area contributed by atoms with Gasteiger partial charge >= 0.3 is 13.6 Å². The summed E-state index contributed by atoms with van der Waals surface area (Å²) in [5, 5.41) is -1.85. The lowest BCUT2D eigenvalue weighted by atomic mass is 10.2. The average molecular weight is 197 g/mol. The molecule has 0 amide bonds. The number of hydrogen-bond donors (Lipinski definition) is 3. The largest absolute Gasteiger partial charge is 0.469 e. The normalized spacial score (nSPS) is 16.8. The second kappa shape index (κ2) is 3.53. The van der Waals surface area contributed by atoms with Crippen molar-refractivity contribution in [3.63, 3.8) is 0 Å². The van der Waals surface area contributed by atoms with Crippen LogP contribution in [0.3, 0.4) is 0 Å².